The molecule has 1 aliphatic rings. The Labute approximate surface area is 102 Å². The summed E-state index contributed by atoms with van der Waals surface area (Å²) in [6, 6.07) is 0. The number of ketones is 1. The Kier molecular flexibility index (Phi) is 3.28. The minimum absolute atomic E-state index is 0.246. The van der Waals surface area contributed by atoms with Crippen molar-refractivity contribution >= 4 is 33.0 Å². The molecule has 82 valence electrons. The van der Waals surface area contributed by atoms with Gasteiger partial charge in [0.25, 0.3) is 0 Å². The van der Waals surface area contributed by atoms with E-state index < -0.39 is 0 Å². The van der Waals surface area contributed by atoms with E-state index in [1.165, 1.54) is 0 Å². The van der Waals surface area contributed by atoms with E-state index in [4.69, 9.17) is 0 Å². The Morgan fingerprint density at radius 2 is 2.47 bits per heavy atom. The molecule has 1 unspecified atom stereocenters. The number of Topliss-reactive ketones (excluding diaryl/α,β-unsaturated/α-hetero) is 1. The number of carbonyl (C=O) groups excluding carboxylic acids is 1. The predicted molar refractivity (Wildman–Crippen MR) is 66.6 cm³/mol. The van der Waals surface area contributed by atoms with E-state index in [1.54, 1.807) is 11.3 Å². The summed E-state index contributed by atoms with van der Waals surface area (Å²) in [5, 5.41) is 7.27. The summed E-state index contributed by atoms with van der Waals surface area (Å²) in [5.74, 6) is 0.246. The average Bonchev–Trinajstić information content (AvgIpc) is 2.86. The predicted octanol–water partition coefficient (Wildman–Crippen LogP) is 3.23. The van der Waals surface area contributed by atoms with E-state index in [9.17, 15) is 4.79 Å². The summed E-state index contributed by atoms with van der Waals surface area (Å²) in [4.78, 5) is 12.4. The summed E-state index contributed by atoms with van der Waals surface area (Å²) in [6.07, 6.45) is 2.93. The largest absolute Gasteiger partial charge is 0.305 e. The van der Waals surface area contributed by atoms with Gasteiger partial charge in [-0.15, -0.1) is 0 Å². The molecule has 1 fully saturated rings. The molecule has 0 saturated carbocycles. The third-order valence-corrected chi connectivity index (χ3v) is 4.84. The number of hydrogen-bond acceptors (Lipinski definition) is 3. The van der Waals surface area contributed by atoms with E-state index in [0.717, 1.165) is 35.8 Å². The van der Waals surface area contributed by atoms with Crippen molar-refractivity contribution in [3.8, 4) is 0 Å². The van der Waals surface area contributed by atoms with Gasteiger partial charge >= 0.3 is 0 Å². The number of thiophene rings is 1. The zero-order valence-corrected chi connectivity index (χ0v) is 11.1. The zero-order valence-electron chi connectivity index (χ0n) is 8.68. The monoisotopic (exact) mass is 287 g/mol. The van der Waals surface area contributed by atoms with Gasteiger partial charge < -0.3 is 5.32 Å². The highest BCUT2D eigenvalue weighted by Gasteiger charge is 2.40. The second-order valence-corrected chi connectivity index (χ2v) is 5.53. The van der Waals surface area contributed by atoms with Crippen molar-refractivity contribution in [2.45, 2.75) is 31.7 Å². The quantitative estimate of drug-likeness (QED) is 0.865. The standard InChI is InChI=1S/C11H14BrNOS/c1-2-11(4-3-5-13-11)10(14)8-6-15-7-9(8)12/h6-7,13H,2-5H2,1H3. The molecule has 0 aromatic carbocycles. The normalized spacial score (nSPS) is 25.7. The van der Waals surface area contributed by atoms with Crippen LogP contribution in [0.1, 0.15) is 36.5 Å². The van der Waals surface area contributed by atoms with Crippen molar-refractivity contribution in [1.29, 1.82) is 0 Å². The van der Waals surface area contributed by atoms with Gasteiger partial charge in [-0.3, -0.25) is 4.79 Å². The molecule has 1 aromatic rings. The van der Waals surface area contributed by atoms with Crippen LogP contribution in [0.4, 0.5) is 0 Å². The summed E-state index contributed by atoms with van der Waals surface area (Å²) in [5.41, 5.74) is 0.528. The van der Waals surface area contributed by atoms with Gasteiger partial charge in [0.2, 0.25) is 0 Å². The van der Waals surface area contributed by atoms with Crippen LogP contribution in [-0.4, -0.2) is 17.9 Å². The molecule has 0 radical (unpaired) electrons. The van der Waals surface area contributed by atoms with Crippen LogP contribution in [0.25, 0.3) is 0 Å². The first-order chi connectivity index (χ1) is 7.19. The zero-order chi connectivity index (χ0) is 10.9. The number of carbonyl (C=O) groups is 1. The molecule has 0 spiro atoms. The number of rotatable bonds is 3. The molecule has 0 bridgehead atoms. The molecule has 1 aliphatic heterocycles. The average molecular weight is 288 g/mol. The molecule has 0 aliphatic carbocycles. The molecule has 1 saturated heterocycles. The van der Waals surface area contributed by atoms with Crippen molar-refractivity contribution in [1.82, 2.24) is 5.32 Å². The highest BCUT2D eigenvalue weighted by molar-refractivity contribution is 9.10. The van der Waals surface area contributed by atoms with Crippen LogP contribution in [0.15, 0.2) is 15.2 Å². The number of halogens is 1. The van der Waals surface area contributed by atoms with Crippen LogP contribution in [-0.2, 0) is 0 Å². The van der Waals surface area contributed by atoms with Crippen LogP contribution in [0.3, 0.4) is 0 Å². The van der Waals surface area contributed by atoms with Crippen LogP contribution in [0.5, 0.6) is 0 Å². The van der Waals surface area contributed by atoms with Gasteiger partial charge in [0.05, 0.1) is 5.54 Å². The summed E-state index contributed by atoms with van der Waals surface area (Å²) >= 11 is 5.00. The Balaban J connectivity index is 2.30. The van der Waals surface area contributed by atoms with Crippen molar-refractivity contribution in [2.75, 3.05) is 6.54 Å². The fraction of sp³-hybridized carbons (Fsp3) is 0.545. The van der Waals surface area contributed by atoms with Gasteiger partial charge in [-0.05, 0) is 41.7 Å². The molecular weight excluding hydrogens is 274 g/mol. The number of hydrogen-bond donors (Lipinski definition) is 1. The van der Waals surface area contributed by atoms with Crippen molar-refractivity contribution in [3.05, 3.63) is 20.8 Å². The third-order valence-electron chi connectivity index (χ3n) is 3.14. The Morgan fingerprint density at radius 1 is 1.67 bits per heavy atom. The molecule has 2 rings (SSSR count). The Hall–Kier alpha value is -0.190. The van der Waals surface area contributed by atoms with Gasteiger partial charge in [-0.2, -0.15) is 11.3 Å². The smallest absolute Gasteiger partial charge is 0.184 e. The molecule has 0 amide bonds. The third kappa shape index (κ3) is 1.90. The molecular formula is C11H14BrNOS. The first kappa shape index (κ1) is 11.3. The lowest BCUT2D eigenvalue weighted by atomic mass is 9.86. The van der Waals surface area contributed by atoms with E-state index in [2.05, 4.69) is 28.2 Å². The summed E-state index contributed by atoms with van der Waals surface area (Å²) in [6.45, 7) is 3.04. The molecule has 1 atom stereocenters. The van der Waals surface area contributed by atoms with E-state index >= 15 is 0 Å². The second kappa shape index (κ2) is 4.36. The molecule has 4 heteroatoms. The molecule has 2 nitrogen and oxygen atoms in total. The molecule has 1 N–H and O–H groups in total. The van der Waals surface area contributed by atoms with Gasteiger partial charge in [0, 0.05) is 20.8 Å². The van der Waals surface area contributed by atoms with Gasteiger partial charge in [-0.1, -0.05) is 6.92 Å². The van der Waals surface area contributed by atoms with Crippen LogP contribution in [0, 0.1) is 0 Å². The van der Waals surface area contributed by atoms with E-state index in [0.29, 0.717) is 0 Å². The second-order valence-electron chi connectivity index (χ2n) is 3.93. The number of nitrogens with one attached hydrogen (secondary N) is 1. The maximum absolute atomic E-state index is 12.4. The van der Waals surface area contributed by atoms with E-state index in [-0.39, 0.29) is 11.3 Å². The van der Waals surface area contributed by atoms with Crippen LogP contribution < -0.4 is 5.32 Å². The van der Waals surface area contributed by atoms with Crippen molar-refractivity contribution < 1.29 is 4.79 Å². The van der Waals surface area contributed by atoms with E-state index in [1.807, 2.05) is 10.8 Å². The maximum atomic E-state index is 12.4. The van der Waals surface area contributed by atoms with Gasteiger partial charge in [0.15, 0.2) is 5.78 Å². The lowest BCUT2D eigenvalue weighted by molar-refractivity contribution is 0.0863. The van der Waals surface area contributed by atoms with Gasteiger partial charge in [0.1, 0.15) is 0 Å². The topological polar surface area (TPSA) is 29.1 Å². The SMILES string of the molecule is CCC1(C(=O)c2cscc2Br)CCCN1. The molecule has 1 aromatic heterocycles. The highest BCUT2D eigenvalue weighted by Crippen LogP contribution is 2.31. The molecule has 15 heavy (non-hydrogen) atoms. The first-order valence-electron chi connectivity index (χ1n) is 5.21. The minimum atomic E-state index is -0.302. The van der Waals surface area contributed by atoms with Crippen molar-refractivity contribution in [3.63, 3.8) is 0 Å². The van der Waals surface area contributed by atoms with Crippen LogP contribution in [0.2, 0.25) is 0 Å². The van der Waals surface area contributed by atoms with Gasteiger partial charge in [-0.25, -0.2) is 0 Å². The molecule has 2 heterocycles. The fourth-order valence-corrected chi connectivity index (χ4v) is 3.62. The fourth-order valence-electron chi connectivity index (χ4n) is 2.16. The summed E-state index contributed by atoms with van der Waals surface area (Å²) < 4.78 is 0.930. The lowest BCUT2D eigenvalue weighted by Gasteiger charge is -2.26. The highest BCUT2D eigenvalue weighted by atomic mass is 79.9. The Morgan fingerprint density at radius 3 is 2.93 bits per heavy atom. The maximum Gasteiger partial charge on any atom is 0.184 e. The first-order valence-corrected chi connectivity index (χ1v) is 6.95. The van der Waals surface area contributed by atoms with Crippen LogP contribution >= 0.6 is 27.3 Å². The minimum Gasteiger partial charge on any atom is -0.305 e. The van der Waals surface area contributed by atoms with Crippen molar-refractivity contribution in [2.24, 2.45) is 0 Å². The lowest BCUT2D eigenvalue weighted by Crippen LogP contribution is -2.46. The Bertz CT molecular complexity index is 368. The summed E-state index contributed by atoms with van der Waals surface area (Å²) in [7, 11) is 0.